The van der Waals surface area contributed by atoms with Gasteiger partial charge < -0.3 is 15.2 Å². The van der Waals surface area contributed by atoms with Gasteiger partial charge in [-0.25, -0.2) is 4.79 Å². The van der Waals surface area contributed by atoms with Crippen LogP contribution in [0.2, 0.25) is 0 Å². The molecule has 1 aromatic rings. The fraction of sp³-hybridized carbons (Fsp3) is 0.182. The summed E-state index contributed by atoms with van der Waals surface area (Å²) in [7, 11) is 1.61. The van der Waals surface area contributed by atoms with Crippen LogP contribution in [0, 0.1) is 0 Å². The van der Waals surface area contributed by atoms with E-state index in [1.54, 1.807) is 13.2 Å². The molecule has 1 aromatic carbocycles. The molecule has 0 amide bonds. The average Bonchev–Trinajstić information content (AvgIpc) is 2.25. The molecule has 0 radical (unpaired) electrons. The predicted molar refractivity (Wildman–Crippen MR) is 58.3 cm³/mol. The van der Waals surface area contributed by atoms with Gasteiger partial charge >= 0.3 is 5.97 Å². The Morgan fingerprint density at radius 1 is 1.47 bits per heavy atom. The number of aliphatic carboxylic acids is 1. The highest BCUT2D eigenvalue weighted by atomic mass is 16.5. The quantitative estimate of drug-likeness (QED) is 0.722. The van der Waals surface area contributed by atoms with E-state index in [9.17, 15) is 4.79 Å². The van der Waals surface area contributed by atoms with E-state index in [1.807, 2.05) is 24.3 Å². The molecule has 1 rings (SSSR count). The minimum absolute atomic E-state index is 0.485. The molecule has 0 saturated heterocycles. The fourth-order valence-electron chi connectivity index (χ4n) is 1.05. The summed E-state index contributed by atoms with van der Waals surface area (Å²) in [6.45, 7) is 0.485. The van der Waals surface area contributed by atoms with E-state index in [1.165, 1.54) is 0 Å². The highest BCUT2D eigenvalue weighted by Gasteiger charge is 1.91. The van der Waals surface area contributed by atoms with E-state index in [-0.39, 0.29) is 0 Å². The van der Waals surface area contributed by atoms with Gasteiger partial charge in [0.05, 0.1) is 7.11 Å². The lowest BCUT2D eigenvalue weighted by molar-refractivity contribution is -0.131. The van der Waals surface area contributed by atoms with Crippen LogP contribution in [0.25, 0.3) is 0 Å². The number of nitrogens with one attached hydrogen (secondary N) is 1. The second kappa shape index (κ2) is 5.70. The van der Waals surface area contributed by atoms with Gasteiger partial charge in [-0.3, -0.25) is 0 Å². The molecule has 15 heavy (non-hydrogen) atoms. The molecule has 0 heterocycles. The molecule has 0 spiro atoms. The minimum Gasteiger partial charge on any atom is -0.497 e. The summed E-state index contributed by atoms with van der Waals surface area (Å²) in [5.74, 6) is -0.145. The first kappa shape index (κ1) is 11.1. The Morgan fingerprint density at radius 2 is 2.13 bits per heavy atom. The third kappa shape index (κ3) is 4.17. The van der Waals surface area contributed by atoms with Crippen LogP contribution in [0.15, 0.2) is 36.4 Å². The minimum atomic E-state index is -0.938. The third-order valence-electron chi connectivity index (χ3n) is 1.77. The van der Waals surface area contributed by atoms with Crippen LogP contribution in [0.5, 0.6) is 5.75 Å². The van der Waals surface area contributed by atoms with Crippen molar-refractivity contribution in [2.24, 2.45) is 0 Å². The fourth-order valence-corrected chi connectivity index (χ4v) is 1.05. The van der Waals surface area contributed by atoms with Gasteiger partial charge in [-0.15, -0.1) is 0 Å². The molecule has 2 N–H and O–H groups in total. The normalized spacial score (nSPS) is 10.2. The van der Waals surface area contributed by atoms with E-state index in [2.05, 4.69) is 5.32 Å². The highest BCUT2D eigenvalue weighted by Crippen LogP contribution is 2.14. The van der Waals surface area contributed by atoms with E-state index < -0.39 is 5.97 Å². The van der Waals surface area contributed by atoms with Crippen molar-refractivity contribution >= 4 is 11.7 Å². The van der Waals surface area contributed by atoms with Gasteiger partial charge in [-0.1, -0.05) is 6.08 Å². The summed E-state index contributed by atoms with van der Waals surface area (Å²) < 4.78 is 5.01. The lowest BCUT2D eigenvalue weighted by atomic mass is 10.3. The van der Waals surface area contributed by atoms with Gasteiger partial charge in [-0.05, 0) is 24.3 Å². The molecule has 4 nitrogen and oxygen atoms in total. The van der Waals surface area contributed by atoms with Crippen LogP contribution in [0.3, 0.4) is 0 Å². The van der Waals surface area contributed by atoms with E-state index in [0.29, 0.717) is 6.54 Å². The maximum absolute atomic E-state index is 10.2. The van der Waals surface area contributed by atoms with Crippen molar-refractivity contribution < 1.29 is 14.6 Å². The molecule has 0 aliphatic rings. The molecule has 0 saturated carbocycles. The van der Waals surface area contributed by atoms with Crippen LogP contribution in [-0.2, 0) is 4.79 Å². The maximum atomic E-state index is 10.2. The zero-order valence-electron chi connectivity index (χ0n) is 8.43. The predicted octanol–water partition coefficient (Wildman–Crippen LogP) is 1.75. The van der Waals surface area contributed by atoms with Crippen molar-refractivity contribution in [2.75, 3.05) is 19.0 Å². The number of benzene rings is 1. The van der Waals surface area contributed by atoms with Crippen LogP contribution in [0.1, 0.15) is 0 Å². The third-order valence-corrected chi connectivity index (χ3v) is 1.77. The van der Waals surface area contributed by atoms with Crippen LogP contribution < -0.4 is 10.1 Å². The molecular weight excluding hydrogens is 194 g/mol. The molecule has 4 heteroatoms. The molecule has 0 bridgehead atoms. The largest absolute Gasteiger partial charge is 0.497 e. The Kier molecular flexibility index (Phi) is 4.22. The number of hydrogen-bond acceptors (Lipinski definition) is 3. The van der Waals surface area contributed by atoms with E-state index in [4.69, 9.17) is 9.84 Å². The summed E-state index contributed by atoms with van der Waals surface area (Å²) in [6, 6.07) is 7.41. The van der Waals surface area contributed by atoms with Crippen molar-refractivity contribution in [3.8, 4) is 5.75 Å². The van der Waals surface area contributed by atoms with Crippen molar-refractivity contribution in [1.82, 2.24) is 0 Å². The molecule has 0 unspecified atom stereocenters. The molecule has 0 aliphatic heterocycles. The van der Waals surface area contributed by atoms with E-state index in [0.717, 1.165) is 17.5 Å². The van der Waals surface area contributed by atoms with Crippen molar-refractivity contribution in [3.05, 3.63) is 36.4 Å². The van der Waals surface area contributed by atoms with Crippen molar-refractivity contribution in [2.45, 2.75) is 0 Å². The Labute approximate surface area is 88.2 Å². The molecule has 0 fully saturated rings. The Balaban J connectivity index is 2.41. The lowest BCUT2D eigenvalue weighted by Crippen LogP contribution is -1.99. The number of carboxylic acids is 1. The van der Waals surface area contributed by atoms with Gasteiger partial charge in [0.1, 0.15) is 5.75 Å². The van der Waals surface area contributed by atoms with Crippen LogP contribution in [-0.4, -0.2) is 24.7 Å². The summed E-state index contributed by atoms with van der Waals surface area (Å²) >= 11 is 0. The standard InChI is InChI=1S/C11H13NO3/c1-15-10-6-4-9(5-7-10)12-8-2-3-11(13)14/h2-7,12H,8H2,1H3,(H,13,14)/b3-2+. The number of hydrogen-bond donors (Lipinski definition) is 2. The molecular formula is C11H13NO3. The first-order valence-electron chi connectivity index (χ1n) is 4.50. The monoisotopic (exact) mass is 207 g/mol. The Morgan fingerprint density at radius 3 is 2.67 bits per heavy atom. The van der Waals surface area contributed by atoms with Gasteiger partial charge in [0.25, 0.3) is 0 Å². The van der Waals surface area contributed by atoms with Gasteiger partial charge in [-0.2, -0.15) is 0 Å². The summed E-state index contributed by atoms with van der Waals surface area (Å²) in [6.07, 6.45) is 2.66. The second-order valence-electron chi connectivity index (χ2n) is 2.85. The summed E-state index contributed by atoms with van der Waals surface area (Å²) in [4.78, 5) is 10.2. The average molecular weight is 207 g/mol. The number of rotatable bonds is 5. The number of carbonyl (C=O) groups is 1. The van der Waals surface area contributed by atoms with Crippen LogP contribution in [0.4, 0.5) is 5.69 Å². The highest BCUT2D eigenvalue weighted by molar-refractivity contribution is 5.79. The molecule has 0 atom stereocenters. The summed E-state index contributed by atoms with van der Waals surface area (Å²) in [5.41, 5.74) is 0.922. The Hall–Kier alpha value is -1.97. The summed E-state index contributed by atoms with van der Waals surface area (Å²) in [5, 5.41) is 11.4. The topological polar surface area (TPSA) is 58.6 Å². The Bertz CT molecular complexity index is 343. The van der Waals surface area contributed by atoms with Gasteiger partial charge in [0.2, 0.25) is 0 Å². The number of carboxylic acid groups (broad SMARTS) is 1. The van der Waals surface area contributed by atoms with Crippen molar-refractivity contribution in [1.29, 1.82) is 0 Å². The maximum Gasteiger partial charge on any atom is 0.328 e. The SMILES string of the molecule is COc1ccc(NC/C=C/C(=O)O)cc1. The zero-order valence-corrected chi connectivity index (χ0v) is 8.43. The van der Waals surface area contributed by atoms with E-state index >= 15 is 0 Å². The van der Waals surface area contributed by atoms with Crippen LogP contribution >= 0.6 is 0 Å². The second-order valence-corrected chi connectivity index (χ2v) is 2.85. The zero-order chi connectivity index (χ0) is 11.1. The van der Waals surface area contributed by atoms with Gasteiger partial charge in [0, 0.05) is 18.3 Å². The van der Waals surface area contributed by atoms with Crippen molar-refractivity contribution in [3.63, 3.8) is 0 Å². The number of ether oxygens (including phenoxy) is 1. The smallest absolute Gasteiger partial charge is 0.328 e. The number of anilines is 1. The lowest BCUT2D eigenvalue weighted by Gasteiger charge is -2.04. The molecule has 0 aromatic heterocycles. The molecule has 0 aliphatic carbocycles. The first-order valence-corrected chi connectivity index (χ1v) is 4.50. The number of methoxy groups -OCH3 is 1. The van der Waals surface area contributed by atoms with Gasteiger partial charge in [0.15, 0.2) is 0 Å². The molecule has 80 valence electrons. The first-order chi connectivity index (χ1) is 7.22.